The molecule has 3 heteroatoms. The second kappa shape index (κ2) is 20.1. The first-order chi connectivity index (χ1) is 41.2. The van der Waals surface area contributed by atoms with Crippen molar-refractivity contribution in [2.24, 2.45) is 0 Å². The van der Waals surface area contributed by atoms with Crippen molar-refractivity contribution in [3.63, 3.8) is 0 Å². The highest BCUT2D eigenvalue weighted by atomic mass is 15.2. The molecular weight excluding hydrogens is 1000 g/mol. The average molecular weight is 1050 g/mol. The molecule has 0 unspecified atom stereocenters. The van der Waals surface area contributed by atoms with Gasteiger partial charge in [0, 0.05) is 45.0 Å². The molecule has 14 aromatic rings. The van der Waals surface area contributed by atoms with E-state index in [1.165, 1.54) is 71.3 Å². The summed E-state index contributed by atoms with van der Waals surface area (Å²) < 4.78 is 0. The van der Waals surface area contributed by atoms with Gasteiger partial charge in [-0.25, -0.2) is 0 Å². The molecule has 16 rings (SSSR count). The first-order valence-electron chi connectivity index (χ1n) is 28.8. The third-order valence-electron chi connectivity index (χ3n) is 17.2. The highest BCUT2D eigenvalue weighted by molar-refractivity contribution is 7.00. The average Bonchev–Trinajstić information content (AvgIpc) is 1.20. The van der Waals surface area contributed by atoms with Crippen molar-refractivity contribution in [2.75, 3.05) is 9.80 Å². The van der Waals surface area contributed by atoms with E-state index in [1.54, 1.807) is 0 Å². The maximum atomic E-state index is 2.64. The Bertz CT molecular complexity index is 4600. The minimum absolute atomic E-state index is 0.139. The van der Waals surface area contributed by atoms with Crippen LogP contribution in [0.25, 0.3) is 99.4 Å². The van der Waals surface area contributed by atoms with Gasteiger partial charge in [-0.1, -0.05) is 297 Å². The fourth-order valence-electron chi connectivity index (χ4n) is 13.7. The van der Waals surface area contributed by atoms with Gasteiger partial charge in [0.05, 0.1) is 11.4 Å². The number of nitrogens with zero attached hydrogens (tertiary/aromatic N) is 2. The van der Waals surface area contributed by atoms with Crippen LogP contribution in [0.1, 0.15) is 0 Å². The number of benzene rings is 14. The Labute approximate surface area is 485 Å². The van der Waals surface area contributed by atoms with Crippen LogP contribution < -0.4 is 26.2 Å². The fraction of sp³-hybridized carbons (Fsp3) is 0. The molecule has 0 aliphatic carbocycles. The van der Waals surface area contributed by atoms with Crippen LogP contribution in [0.2, 0.25) is 0 Å². The van der Waals surface area contributed by atoms with E-state index in [0.29, 0.717) is 0 Å². The van der Waals surface area contributed by atoms with E-state index in [1.807, 2.05) is 0 Å². The second-order valence-electron chi connectivity index (χ2n) is 21.8. The molecule has 0 N–H and O–H groups in total. The minimum Gasteiger partial charge on any atom is -0.310 e. The molecule has 0 amide bonds. The van der Waals surface area contributed by atoms with Gasteiger partial charge in [-0.3, -0.25) is 0 Å². The number of anilines is 6. The van der Waals surface area contributed by atoms with Gasteiger partial charge in [0.15, 0.2) is 0 Å². The van der Waals surface area contributed by atoms with E-state index >= 15 is 0 Å². The van der Waals surface area contributed by atoms with E-state index in [2.05, 4.69) is 331 Å². The van der Waals surface area contributed by atoms with Crippen LogP contribution in [-0.4, -0.2) is 6.71 Å². The normalized spacial score (nSPS) is 12.3. The lowest BCUT2D eigenvalue weighted by atomic mass is 9.33. The predicted octanol–water partition coefficient (Wildman–Crippen LogP) is 19.7. The van der Waals surface area contributed by atoms with E-state index < -0.39 is 0 Å². The Balaban J connectivity index is 1.04. The van der Waals surface area contributed by atoms with Crippen molar-refractivity contribution in [1.29, 1.82) is 0 Å². The summed E-state index contributed by atoms with van der Waals surface area (Å²) in [6.07, 6.45) is 0. The van der Waals surface area contributed by atoms with Gasteiger partial charge in [0.25, 0.3) is 6.71 Å². The van der Waals surface area contributed by atoms with Crippen LogP contribution in [0.4, 0.5) is 34.1 Å². The second-order valence-corrected chi connectivity index (χ2v) is 21.8. The summed E-state index contributed by atoms with van der Waals surface area (Å²) in [7, 11) is 0. The van der Waals surface area contributed by atoms with E-state index in [4.69, 9.17) is 0 Å². The van der Waals surface area contributed by atoms with Gasteiger partial charge in [0.1, 0.15) is 0 Å². The lowest BCUT2D eigenvalue weighted by Crippen LogP contribution is -2.61. The van der Waals surface area contributed by atoms with Gasteiger partial charge in [-0.2, -0.15) is 0 Å². The van der Waals surface area contributed by atoms with E-state index in [9.17, 15) is 0 Å². The molecule has 386 valence electrons. The topological polar surface area (TPSA) is 6.48 Å². The third kappa shape index (κ3) is 7.96. The zero-order chi connectivity index (χ0) is 54.8. The summed E-state index contributed by atoms with van der Waals surface area (Å²) in [5, 5.41) is 4.92. The summed E-state index contributed by atoms with van der Waals surface area (Å²) in [4.78, 5) is 5.26. The lowest BCUT2D eigenvalue weighted by Gasteiger charge is -2.45. The van der Waals surface area contributed by atoms with Crippen molar-refractivity contribution in [1.82, 2.24) is 0 Å². The Morgan fingerprint density at radius 1 is 0.205 bits per heavy atom. The zero-order valence-corrected chi connectivity index (χ0v) is 45.6. The van der Waals surface area contributed by atoms with Crippen molar-refractivity contribution in [3.8, 4) is 77.9 Å². The van der Waals surface area contributed by atoms with Gasteiger partial charge in [0.2, 0.25) is 0 Å². The van der Waals surface area contributed by atoms with Crippen LogP contribution in [-0.2, 0) is 0 Å². The van der Waals surface area contributed by atoms with Gasteiger partial charge >= 0.3 is 0 Å². The molecule has 0 saturated heterocycles. The van der Waals surface area contributed by atoms with Crippen molar-refractivity contribution >= 4 is 78.8 Å². The van der Waals surface area contributed by atoms with Gasteiger partial charge in [-0.15, -0.1) is 0 Å². The molecule has 0 atom stereocenters. The van der Waals surface area contributed by atoms with Crippen LogP contribution in [0.15, 0.2) is 322 Å². The largest absolute Gasteiger partial charge is 0.310 e. The van der Waals surface area contributed by atoms with Crippen LogP contribution in [0.3, 0.4) is 0 Å². The van der Waals surface area contributed by atoms with E-state index in [-0.39, 0.29) is 6.71 Å². The number of hydrogen-bond acceptors (Lipinski definition) is 2. The van der Waals surface area contributed by atoms with Gasteiger partial charge < -0.3 is 9.80 Å². The zero-order valence-electron chi connectivity index (χ0n) is 45.6. The fourth-order valence-corrected chi connectivity index (χ4v) is 13.7. The maximum absolute atomic E-state index is 2.64. The quantitative estimate of drug-likeness (QED) is 0.105. The van der Waals surface area contributed by atoms with Gasteiger partial charge in [-0.05, 0) is 118 Å². The highest BCUT2D eigenvalue weighted by Gasteiger charge is 2.45. The molecule has 0 saturated carbocycles. The maximum Gasteiger partial charge on any atom is 0.252 e. The first-order valence-corrected chi connectivity index (χ1v) is 28.8. The summed E-state index contributed by atoms with van der Waals surface area (Å²) in [5.74, 6) is 0. The summed E-state index contributed by atoms with van der Waals surface area (Å²) >= 11 is 0. The summed E-state index contributed by atoms with van der Waals surface area (Å²) in [5.41, 5.74) is 27.1. The molecule has 83 heavy (non-hydrogen) atoms. The Kier molecular flexibility index (Phi) is 11.7. The minimum atomic E-state index is -0.139. The lowest BCUT2D eigenvalue weighted by molar-refractivity contribution is 1.25. The Hall–Kier alpha value is -10.7. The molecule has 0 spiro atoms. The molecule has 0 aromatic heterocycles. The van der Waals surface area contributed by atoms with Crippen molar-refractivity contribution < 1.29 is 0 Å². The SMILES string of the molecule is c1ccc(-c2ccc3c(c2)N(c2c(-c4ccccc4)cccc2-c2ccccc2)c2cccc4c2B3c2ccc(-c3c5ccccc5c(-c5ccccc5)c5ccccc35)cc2N4c2c(-c3ccccc3)cccc2-c2ccccc2)cc1. The monoisotopic (exact) mass is 1050 g/mol. The van der Waals surface area contributed by atoms with Crippen LogP contribution in [0.5, 0.6) is 0 Å². The van der Waals surface area contributed by atoms with E-state index in [0.717, 1.165) is 78.6 Å². The Morgan fingerprint density at radius 3 is 0.892 bits per heavy atom. The Morgan fingerprint density at radius 2 is 0.506 bits per heavy atom. The standard InChI is InChI=1S/C80H53BN2/c1-7-26-54(27-8-1)60-48-50-70-74(52-60)82(79-62(55-28-9-2-10-29-55)42-23-43-63(79)56-30-11-3-12-31-56)72-46-25-47-73-78(72)81(70)71-51-49-61(77-68-40-21-19-38-66(68)76(59-36-17-6-18-37-59)67-39-20-22-41-69(67)77)53-75(71)83(73)80-64(57-32-13-4-14-33-57)44-24-45-65(80)58-34-15-5-16-35-58/h1-53H. The highest BCUT2D eigenvalue weighted by Crippen LogP contribution is 2.54. The number of para-hydroxylation sites is 2. The predicted molar refractivity (Wildman–Crippen MR) is 354 cm³/mol. The molecule has 0 radical (unpaired) electrons. The number of fused-ring (bicyclic) bond motifs is 6. The smallest absolute Gasteiger partial charge is 0.252 e. The van der Waals surface area contributed by atoms with Crippen LogP contribution in [0, 0.1) is 0 Å². The molecular formula is C80H53BN2. The molecule has 2 nitrogen and oxygen atoms in total. The molecule has 0 fully saturated rings. The third-order valence-corrected chi connectivity index (χ3v) is 17.2. The van der Waals surface area contributed by atoms with Crippen LogP contribution >= 0.6 is 0 Å². The first kappa shape index (κ1) is 48.2. The molecule has 2 aliphatic heterocycles. The number of hydrogen-bond donors (Lipinski definition) is 0. The summed E-state index contributed by atoms with van der Waals surface area (Å²) in [6, 6.07) is 119. The number of rotatable bonds is 9. The molecule has 0 bridgehead atoms. The van der Waals surface area contributed by atoms with Crippen molar-refractivity contribution in [3.05, 3.63) is 322 Å². The molecule has 2 aliphatic rings. The summed E-state index contributed by atoms with van der Waals surface area (Å²) in [6.45, 7) is -0.139. The van der Waals surface area contributed by atoms with Crippen molar-refractivity contribution in [2.45, 2.75) is 0 Å². The molecule has 2 heterocycles. The molecule has 14 aromatic carbocycles.